The summed E-state index contributed by atoms with van der Waals surface area (Å²) < 4.78 is 7.08. The van der Waals surface area contributed by atoms with Gasteiger partial charge >= 0.3 is 0 Å². The smallest absolute Gasteiger partial charge is 0.124 e. The van der Waals surface area contributed by atoms with Gasteiger partial charge in [-0.05, 0) is 41.8 Å². The zero-order chi connectivity index (χ0) is 16.8. The van der Waals surface area contributed by atoms with Crippen LogP contribution >= 0.6 is 15.9 Å². The lowest BCUT2D eigenvalue weighted by Gasteiger charge is -2.13. The summed E-state index contributed by atoms with van der Waals surface area (Å²) in [6.07, 6.45) is 0. The van der Waals surface area contributed by atoms with Crippen LogP contribution in [0.25, 0.3) is 0 Å². The standard InChI is InChI=1S/C21H20BrNO/c1-16-7-12-20(23-14-17-8-10-19(22)11-9-17)13-21(16)24-15-18-5-3-2-4-6-18/h2-13,23H,14-15H2,1H3. The number of benzene rings is 3. The van der Waals surface area contributed by atoms with E-state index >= 15 is 0 Å². The van der Waals surface area contributed by atoms with E-state index in [1.807, 2.05) is 18.2 Å². The minimum Gasteiger partial charge on any atom is -0.489 e. The molecule has 0 aliphatic heterocycles. The van der Waals surface area contributed by atoms with Gasteiger partial charge in [-0.15, -0.1) is 0 Å². The van der Waals surface area contributed by atoms with E-state index in [0.717, 1.165) is 28.0 Å². The molecule has 0 aromatic heterocycles. The molecule has 0 fully saturated rings. The molecular formula is C21H20BrNO. The third-order valence-corrected chi connectivity index (χ3v) is 4.36. The summed E-state index contributed by atoms with van der Waals surface area (Å²) in [4.78, 5) is 0. The first-order valence-corrected chi connectivity index (χ1v) is 8.76. The molecule has 3 aromatic carbocycles. The Hall–Kier alpha value is -2.26. The molecule has 0 heterocycles. The van der Waals surface area contributed by atoms with Gasteiger partial charge in [-0.2, -0.15) is 0 Å². The van der Waals surface area contributed by atoms with Crippen LogP contribution in [0.1, 0.15) is 16.7 Å². The van der Waals surface area contributed by atoms with Crippen LogP contribution < -0.4 is 10.1 Å². The number of hydrogen-bond donors (Lipinski definition) is 1. The molecule has 0 spiro atoms. The Bertz CT molecular complexity index is 785. The van der Waals surface area contributed by atoms with Crippen LogP contribution in [0.15, 0.2) is 77.3 Å². The summed E-state index contributed by atoms with van der Waals surface area (Å²) in [5, 5.41) is 3.45. The van der Waals surface area contributed by atoms with Gasteiger partial charge in [0.25, 0.3) is 0 Å². The summed E-state index contributed by atoms with van der Waals surface area (Å²) >= 11 is 3.46. The molecule has 122 valence electrons. The summed E-state index contributed by atoms with van der Waals surface area (Å²) in [5.41, 5.74) is 4.61. The topological polar surface area (TPSA) is 21.3 Å². The van der Waals surface area contributed by atoms with Gasteiger partial charge in [0.15, 0.2) is 0 Å². The molecule has 3 heteroatoms. The van der Waals surface area contributed by atoms with Crippen molar-refractivity contribution in [1.82, 2.24) is 0 Å². The SMILES string of the molecule is Cc1ccc(NCc2ccc(Br)cc2)cc1OCc1ccccc1. The van der Waals surface area contributed by atoms with E-state index in [2.05, 4.69) is 82.8 Å². The van der Waals surface area contributed by atoms with Crippen molar-refractivity contribution in [3.05, 3.63) is 94.0 Å². The maximum atomic E-state index is 5.99. The third-order valence-electron chi connectivity index (χ3n) is 3.84. The molecule has 0 radical (unpaired) electrons. The molecule has 3 aromatic rings. The number of aryl methyl sites for hydroxylation is 1. The predicted octanol–water partition coefficient (Wildman–Crippen LogP) is 5.95. The van der Waals surface area contributed by atoms with Crippen molar-refractivity contribution < 1.29 is 4.74 Å². The summed E-state index contributed by atoms with van der Waals surface area (Å²) in [6.45, 7) is 3.44. The first-order chi connectivity index (χ1) is 11.7. The average molecular weight is 382 g/mol. The van der Waals surface area contributed by atoms with Gasteiger partial charge in [0.05, 0.1) is 0 Å². The normalized spacial score (nSPS) is 10.4. The second-order valence-electron chi connectivity index (χ2n) is 5.73. The Morgan fingerprint density at radius 3 is 2.38 bits per heavy atom. The zero-order valence-electron chi connectivity index (χ0n) is 13.6. The zero-order valence-corrected chi connectivity index (χ0v) is 15.2. The van der Waals surface area contributed by atoms with Crippen molar-refractivity contribution in [2.24, 2.45) is 0 Å². The number of halogens is 1. The highest BCUT2D eigenvalue weighted by Crippen LogP contribution is 2.24. The van der Waals surface area contributed by atoms with Crippen LogP contribution in [0.3, 0.4) is 0 Å². The van der Waals surface area contributed by atoms with Crippen molar-refractivity contribution in [3.8, 4) is 5.75 Å². The summed E-state index contributed by atoms with van der Waals surface area (Å²) in [7, 11) is 0. The van der Waals surface area contributed by atoms with Crippen molar-refractivity contribution in [2.75, 3.05) is 5.32 Å². The minimum atomic E-state index is 0.581. The van der Waals surface area contributed by atoms with E-state index in [9.17, 15) is 0 Å². The molecule has 0 unspecified atom stereocenters. The van der Waals surface area contributed by atoms with Crippen LogP contribution in [0.2, 0.25) is 0 Å². The first-order valence-electron chi connectivity index (χ1n) is 7.96. The molecule has 0 saturated heterocycles. The quantitative estimate of drug-likeness (QED) is 0.569. The molecule has 0 aliphatic carbocycles. The second kappa shape index (κ2) is 8.02. The maximum Gasteiger partial charge on any atom is 0.124 e. The lowest BCUT2D eigenvalue weighted by molar-refractivity contribution is 0.304. The summed E-state index contributed by atoms with van der Waals surface area (Å²) in [6, 6.07) is 24.8. The molecular weight excluding hydrogens is 362 g/mol. The number of nitrogens with one attached hydrogen (secondary N) is 1. The fraction of sp³-hybridized carbons (Fsp3) is 0.143. The van der Waals surface area contributed by atoms with Gasteiger partial charge in [-0.3, -0.25) is 0 Å². The fourth-order valence-corrected chi connectivity index (χ4v) is 2.67. The molecule has 0 bridgehead atoms. The Morgan fingerprint density at radius 2 is 1.62 bits per heavy atom. The van der Waals surface area contributed by atoms with E-state index in [1.54, 1.807) is 0 Å². The number of hydrogen-bond acceptors (Lipinski definition) is 2. The molecule has 3 rings (SSSR count). The van der Waals surface area contributed by atoms with Crippen LogP contribution in [0, 0.1) is 6.92 Å². The van der Waals surface area contributed by atoms with Gasteiger partial charge in [-0.1, -0.05) is 64.5 Å². The van der Waals surface area contributed by atoms with Crippen LogP contribution in [0.4, 0.5) is 5.69 Å². The van der Waals surface area contributed by atoms with E-state index in [1.165, 1.54) is 11.1 Å². The van der Waals surface area contributed by atoms with E-state index in [-0.39, 0.29) is 0 Å². The molecule has 0 saturated carbocycles. The van der Waals surface area contributed by atoms with E-state index in [4.69, 9.17) is 4.74 Å². The number of anilines is 1. The first kappa shape index (κ1) is 16.6. The van der Waals surface area contributed by atoms with Gasteiger partial charge in [0.2, 0.25) is 0 Å². The molecule has 24 heavy (non-hydrogen) atoms. The number of rotatable bonds is 6. The Morgan fingerprint density at radius 1 is 0.875 bits per heavy atom. The van der Waals surface area contributed by atoms with Gasteiger partial charge in [0, 0.05) is 22.8 Å². The van der Waals surface area contributed by atoms with Crippen molar-refractivity contribution in [1.29, 1.82) is 0 Å². The van der Waals surface area contributed by atoms with Gasteiger partial charge in [-0.25, -0.2) is 0 Å². The average Bonchev–Trinajstić information content (AvgIpc) is 2.62. The van der Waals surface area contributed by atoms with Crippen LogP contribution in [0.5, 0.6) is 5.75 Å². The van der Waals surface area contributed by atoms with Gasteiger partial charge < -0.3 is 10.1 Å². The van der Waals surface area contributed by atoms with E-state index in [0.29, 0.717) is 6.61 Å². The maximum absolute atomic E-state index is 5.99. The minimum absolute atomic E-state index is 0.581. The third kappa shape index (κ3) is 4.62. The van der Waals surface area contributed by atoms with E-state index < -0.39 is 0 Å². The molecule has 0 atom stereocenters. The Kier molecular flexibility index (Phi) is 5.55. The largest absolute Gasteiger partial charge is 0.489 e. The Labute approximate surface area is 151 Å². The van der Waals surface area contributed by atoms with Crippen LogP contribution in [-0.2, 0) is 13.2 Å². The lowest BCUT2D eigenvalue weighted by atomic mass is 10.2. The van der Waals surface area contributed by atoms with Crippen molar-refractivity contribution in [3.63, 3.8) is 0 Å². The second-order valence-corrected chi connectivity index (χ2v) is 6.65. The molecule has 0 amide bonds. The lowest BCUT2D eigenvalue weighted by Crippen LogP contribution is -2.01. The predicted molar refractivity (Wildman–Crippen MR) is 103 cm³/mol. The highest BCUT2D eigenvalue weighted by molar-refractivity contribution is 9.10. The van der Waals surface area contributed by atoms with Crippen molar-refractivity contribution >= 4 is 21.6 Å². The van der Waals surface area contributed by atoms with Gasteiger partial charge in [0.1, 0.15) is 12.4 Å². The molecule has 2 nitrogen and oxygen atoms in total. The number of ether oxygens (including phenoxy) is 1. The molecule has 0 aliphatic rings. The highest BCUT2D eigenvalue weighted by atomic mass is 79.9. The monoisotopic (exact) mass is 381 g/mol. The summed E-state index contributed by atoms with van der Waals surface area (Å²) in [5.74, 6) is 0.916. The highest BCUT2D eigenvalue weighted by Gasteiger charge is 2.03. The fourth-order valence-electron chi connectivity index (χ4n) is 2.41. The molecule has 1 N–H and O–H groups in total. The van der Waals surface area contributed by atoms with Crippen molar-refractivity contribution in [2.45, 2.75) is 20.1 Å². The van der Waals surface area contributed by atoms with Crippen LogP contribution in [-0.4, -0.2) is 0 Å². The Balaban J connectivity index is 1.63.